The molecule has 0 saturated carbocycles. The molecule has 18 heavy (non-hydrogen) atoms. The number of carbonyl (C=O) groups excluding carboxylic acids is 1. The van der Waals surface area contributed by atoms with Crippen LogP contribution in [0.4, 0.5) is 5.82 Å². The predicted octanol–water partition coefficient (Wildman–Crippen LogP) is 2.09. The van der Waals surface area contributed by atoms with Gasteiger partial charge in [0.25, 0.3) is 0 Å². The van der Waals surface area contributed by atoms with Gasteiger partial charge in [-0.05, 0) is 30.3 Å². The Morgan fingerprint density at radius 3 is 2.89 bits per heavy atom. The first-order valence-electron chi connectivity index (χ1n) is 5.68. The largest absolute Gasteiger partial charge is 0.391 e. The molecule has 3 rings (SSSR count). The fraction of sp³-hybridized carbons (Fsp3) is 0.231. The van der Waals surface area contributed by atoms with Crippen LogP contribution in [-0.2, 0) is 4.79 Å². The lowest BCUT2D eigenvalue weighted by Crippen LogP contribution is -2.26. The summed E-state index contributed by atoms with van der Waals surface area (Å²) < 4.78 is 0.997. The number of amides is 1. The van der Waals surface area contributed by atoms with Crippen LogP contribution in [0, 0.1) is 0 Å². The third kappa shape index (κ3) is 2.00. The summed E-state index contributed by atoms with van der Waals surface area (Å²) in [6.45, 7) is 0.327. The maximum Gasteiger partial charge on any atom is 0.230 e. The quantitative estimate of drug-likeness (QED) is 0.878. The van der Waals surface area contributed by atoms with E-state index in [0.29, 0.717) is 12.4 Å². The van der Waals surface area contributed by atoms with Crippen LogP contribution in [0.1, 0.15) is 6.42 Å². The van der Waals surface area contributed by atoms with Crippen LogP contribution < -0.4 is 4.90 Å². The minimum atomic E-state index is -0.583. The van der Waals surface area contributed by atoms with Gasteiger partial charge in [0, 0.05) is 9.86 Å². The molecule has 0 bridgehead atoms. The first-order chi connectivity index (χ1) is 8.63. The normalized spacial score (nSPS) is 19.8. The zero-order valence-corrected chi connectivity index (χ0v) is 11.1. The van der Waals surface area contributed by atoms with E-state index in [1.54, 1.807) is 0 Å². The van der Waals surface area contributed by atoms with Gasteiger partial charge in [-0.1, -0.05) is 15.9 Å². The molecule has 1 aromatic carbocycles. The molecule has 1 N–H and O–H groups in total. The molecule has 0 spiro atoms. The highest BCUT2D eigenvalue weighted by Gasteiger charge is 2.29. The summed E-state index contributed by atoms with van der Waals surface area (Å²) in [5.41, 5.74) is 0.838. The molecular formula is C13H11BrN2O2. The Morgan fingerprint density at radius 2 is 2.17 bits per heavy atom. The second kappa shape index (κ2) is 4.33. The smallest absolute Gasteiger partial charge is 0.230 e. The van der Waals surface area contributed by atoms with E-state index in [2.05, 4.69) is 20.9 Å². The Balaban J connectivity index is 2.03. The van der Waals surface area contributed by atoms with Gasteiger partial charge in [-0.25, -0.2) is 4.98 Å². The number of aromatic nitrogens is 1. The Labute approximate surface area is 112 Å². The lowest BCUT2D eigenvalue weighted by Gasteiger charge is -2.15. The van der Waals surface area contributed by atoms with Crippen molar-refractivity contribution in [2.45, 2.75) is 12.5 Å². The lowest BCUT2D eigenvalue weighted by atomic mass is 10.2. The molecule has 1 aliphatic rings. The van der Waals surface area contributed by atoms with Crippen LogP contribution in [0.5, 0.6) is 0 Å². The van der Waals surface area contributed by atoms with Crippen LogP contribution in [0.25, 0.3) is 10.9 Å². The highest BCUT2D eigenvalue weighted by molar-refractivity contribution is 9.10. The number of anilines is 1. The molecule has 1 atom stereocenters. The SMILES string of the molecule is O=C1CC(O)CN1c1ccc2cc(Br)ccc2n1. The second-order valence-electron chi connectivity index (χ2n) is 4.37. The zero-order chi connectivity index (χ0) is 12.7. The van der Waals surface area contributed by atoms with E-state index < -0.39 is 6.10 Å². The number of β-amino-alcohol motifs (C(OH)–C–C–N with tert-alkyl or cyclic N) is 1. The monoisotopic (exact) mass is 306 g/mol. The van der Waals surface area contributed by atoms with E-state index in [1.165, 1.54) is 4.90 Å². The number of aliphatic hydroxyl groups excluding tert-OH is 1. The molecule has 5 heteroatoms. The molecule has 1 fully saturated rings. The standard InChI is InChI=1S/C13H11BrN2O2/c14-9-2-3-11-8(5-9)1-4-12(15-11)16-7-10(17)6-13(16)18/h1-5,10,17H,6-7H2. The summed E-state index contributed by atoms with van der Waals surface area (Å²) in [4.78, 5) is 17.7. The van der Waals surface area contributed by atoms with E-state index in [0.717, 1.165) is 15.4 Å². The van der Waals surface area contributed by atoms with Gasteiger partial charge in [0.05, 0.1) is 24.6 Å². The number of aliphatic hydroxyl groups is 1. The molecule has 2 heterocycles. The minimum absolute atomic E-state index is 0.0774. The number of benzene rings is 1. The summed E-state index contributed by atoms with van der Waals surface area (Å²) in [5, 5.41) is 10.5. The Kier molecular flexibility index (Phi) is 2.80. The van der Waals surface area contributed by atoms with Crippen molar-refractivity contribution >= 4 is 38.6 Å². The van der Waals surface area contributed by atoms with Crippen molar-refractivity contribution in [3.05, 3.63) is 34.8 Å². The number of hydrogen-bond donors (Lipinski definition) is 1. The number of carbonyl (C=O) groups is 1. The van der Waals surface area contributed by atoms with E-state index in [9.17, 15) is 9.90 Å². The average molecular weight is 307 g/mol. The Morgan fingerprint density at radius 1 is 1.33 bits per heavy atom. The number of rotatable bonds is 1. The second-order valence-corrected chi connectivity index (χ2v) is 5.28. The van der Waals surface area contributed by atoms with Crippen LogP contribution >= 0.6 is 15.9 Å². The van der Waals surface area contributed by atoms with Crippen molar-refractivity contribution in [3.63, 3.8) is 0 Å². The van der Waals surface area contributed by atoms with Crippen LogP contribution in [0.15, 0.2) is 34.8 Å². The van der Waals surface area contributed by atoms with Crippen molar-refractivity contribution in [1.29, 1.82) is 0 Å². The van der Waals surface area contributed by atoms with Crippen molar-refractivity contribution in [2.24, 2.45) is 0 Å². The predicted molar refractivity (Wildman–Crippen MR) is 72.4 cm³/mol. The molecule has 1 amide bonds. The van der Waals surface area contributed by atoms with Gasteiger partial charge in [0.1, 0.15) is 5.82 Å². The maximum absolute atomic E-state index is 11.7. The van der Waals surface area contributed by atoms with Crippen molar-refractivity contribution in [2.75, 3.05) is 11.4 Å². The average Bonchev–Trinajstić information content (AvgIpc) is 2.68. The van der Waals surface area contributed by atoms with Crippen molar-refractivity contribution in [3.8, 4) is 0 Å². The number of fused-ring (bicyclic) bond motifs is 1. The van der Waals surface area contributed by atoms with E-state index in [1.807, 2.05) is 30.3 Å². The number of pyridine rings is 1. The fourth-order valence-corrected chi connectivity index (χ4v) is 2.52. The van der Waals surface area contributed by atoms with Crippen LogP contribution in [0.3, 0.4) is 0 Å². The van der Waals surface area contributed by atoms with Crippen molar-refractivity contribution < 1.29 is 9.90 Å². The fourth-order valence-electron chi connectivity index (χ4n) is 2.15. The first-order valence-corrected chi connectivity index (χ1v) is 6.47. The van der Waals surface area contributed by atoms with E-state index in [-0.39, 0.29) is 12.3 Å². The molecule has 0 radical (unpaired) electrons. The van der Waals surface area contributed by atoms with Gasteiger partial charge in [0.15, 0.2) is 0 Å². The third-order valence-corrected chi connectivity index (χ3v) is 3.51. The summed E-state index contributed by atoms with van der Waals surface area (Å²) >= 11 is 3.41. The number of nitrogens with zero attached hydrogens (tertiary/aromatic N) is 2. The number of hydrogen-bond acceptors (Lipinski definition) is 3. The zero-order valence-electron chi connectivity index (χ0n) is 9.51. The van der Waals surface area contributed by atoms with Gasteiger partial charge < -0.3 is 5.11 Å². The van der Waals surface area contributed by atoms with Gasteiger partial charge >= 0.3 is 0 Å². The van der Waals surface area contributed by atoms with Gasteiger partial charge in [-0.3, -0.25) is 9.69 Å². The van der Waals surface area contributed by atoms with E-state index in [4.69, 9.17) is 0 Å². The number of halogens is 1. The summed E-state index contributed by atoms with van der Waals surface area (Å²) in [6.07, 6.45) is -0.403. The minimum Gasteiger partial charge on any atom is -0.391 e. The molecule has 1 unspecified atom stereocenters. The molecule has 1 saturated heterocycles. The Bertz CT molecular complexity index is 629. The molecular weight excluding hydrogens is 296 g/mol. The van der Waals surface area contributed by atoms with E-state index >= 15 is 0 Å². The topological polar surface area (TPSA) is 53.4 Å². The lowest BCUT2D eigenvalue weighted by molar-refractivity contribution is -0.117. The molecule has 2 aromatic rings. The highest BCUT2D eigenvalue weighted by atomic mass is 79.9. The van der Waals surface area contributed by atoms with Crippen LogP contribution in [-0.4, -0.2) is 28.6 Å². The molecule has 0 aliphatic carbocycles. The van der Waals surface area contributed by atoms with Gasteiger partial charge in [0.2, 0.25) is 5.91 Å². The molecule has 1 aliphatic heterocycles. The maximum atomic E-state index is 11.7. The molecule has 92 valence electrons. The first kappa shape index (κ1) is 11.6. The highest BCUT2D eigenvalue weighted by Crippen LogP contribution is 2.24. The summed E-state index contributed by atoms with van der Waals surface area (Å²) in [7, 11) is 0. The summed E-state index contributed by atoms with van der Waals surface area (Å²) in [6, 6.07) is 9.54. The third-order valence-electron chi connectivity index (χ3n) is 3.02. The van der Waals surface area contributed by atoms with Gasteiger partial charge in [-0.15, -0.1) is 0 Å². The molecule has 4 nitrogen and oxygen atoms in total. The Hall–Kier alpha value is -1.46. The van der Waals surface area contributed by atoms with Crippen molar-refractivity contribution in [1.82, 2.24) is 4.98 Å². The van der Waals surface area contributed by atoms with Gasteiger partial charge in [-0.2, -0.15) is 0 Å². The molecule has 1 aromatic heterocycles. The van der Waals surface area contributed by atoms with Crippen LogP contribution in [0.2, 0.25) is 0 Å². The summed E-state index contributed by atoms with van der Waals surface area (Å²) in [5.74, 6) is 0.526.